The fraction of sp³-hybridized carbons (Fsp3) is 0.143. The minimum atomic E-state index is -0.113. The largest absolute Gasteiger partial charge is 0.504 e. The third-order valence-corrected chi connectivity index (χ3v) is 4.25. The Morgan fingerprint density at radius 2 is 1.77 bits per heavy atom. The van der Waals surface area contributed by atoms with Gasteiger partial charge >= 0.3 is 0 Å². The lowest BCUT2D eigenvalue weighted by Gasteiger charge is -2.12. The van der Waals surface area contributed by atoms with Gasteiger partial charge in [0.25, 0.3) is 5.56 Å². The van der Waals surface area contributed by atoms with Crippen LogP contribution in [0, 0.1) is 13.8 Å². The number of para-hydroxylation sites is 2. The second-order valence-corrected chi connectivity index (χ2v) is 5.89. The van der Waals surface area contributed by atoms with Gasteiger partial charge in [0.2, 0.25) is 0 Å². The molecule has 3 rings (SSSR count). The summed E-state index contributed by atoms with van der Waals surface area (Å²) < 4.78 is 6.70. The van der Waals surface area contributed by atoms with Gasteiger partial charge in [-0.3, -0.25) is 9.36 Å². The lowest BCUT2D eigenvalue weighted by molar-refractivity contribution is 0.373. The minimum Gasteiger partial charge on any atom is -0.504 e. The number of benzene rings is 2. The van der Waals surface area contributed by atoms with E-state index >= 15 is 0 Å². The second kappa shape index (κ2) is 7.27. The molecule has 0 aliphatic heterocycles. The number of phenolic OH excluding ortho intramolecular Hbond substituents is 1. The van der Waals surface area contributed by atoms with E-state index in [0.29, 0.717) is 28.4 Å². The Bertz CT molecular complexity index is 1020. The van der Waals surface area contributed by atoms with Crippen molar-refractivity contribution in [1.29, 1.82) is 0 Å². The topological polar surface area (TPSA) is 64.3 Å². The first kappa shape index (κ1) is 17.5. The highest BCUT2D eigenvalue weighted by molar-refractivity contribution is 5.72. The minimum absolute atomic E-state index is 0.0451. The van der Waals surface area contributed by atoms with Crippen molar-refractivity contribution in [2.45, 2.75) is 13.8 Å². The summed E-state index contributed by atoms with van der Waals surface area (Å²) in [5, 5.41) is 10.2. The van der Waals surface area contributed by atoms with E-state index in [-0.39, 0.29) is 11.3 Å². The summed E-state index contributed by atoms with van der Waals surface area (Å²) in [6.45, 7) is 3.58. The van der Waals surface area contributed by atoms with Crippen LogP contribution in [0.15, 0.2) is 53.3 Å². The SMILES string of the molecule is COc1cccc(/C=C/c2nc(C)c(C)c(=O)n2-c2ccccc2)c1O. The van der Waals surface area contributed by atoms with E-state index in [2.05, 4.69) is 4.98 Å². The molecule has 1 heterocycles. The van der Waals surface area contributed by atoms with Crippen LogP contribution in [-0.2, 0) is 0 Å². The van der Waals surface area contributed by atoms with Crippen molar-refractivity contribution in [3.05, 3.63) is 81.5 Å². The Balaban J connectivity index is 2.15. The summed E-state index contributed by atoms with van der Waals surface area (Å²) in [6.07, 6.45) is 3.43. The molecule has 0 radical (unpaired) electrons. The highest BCUT2D eigenvalue weighted by Gasteiger charge is 2.11. The van der Waals surface area contributed by atoms with Crippen LogP contribution in [0.1, 0.15) is 22.6 Å². The van der Waals surface area contributed by atoms with Gasteiger partial charge in [-0.2, -0.15) is 0 Å². The first-order valence-corrected chi connectivity index (χ1v) is 8.22. The zero-order chi connectivity index (χ0) is 18.7. The molecule has 0 amide bonds. The van der Waals surface area contributed by atoms with Crippen molar-refractivity contribution in [2.75, 3.05) is 7.11 Å². The van der Waals surface area contributed by atoms with Gasteiger partial charge < -0.3 is 9.84 Å². The van der Waals surface area contributed by atoms with Crippen molar-refractivity contribution in [2.24, 2.45) is 0 Å². The highest BCUT2D eigenvalue weighted by Crippen LogP contribution is 2.30. The first-order valence-electron chi connectivity index (χ1n) is 8.22. The Hall–Kier alpha value is -3.34. The summed E-state index contributed by atoms with van der Waals surface area (Å²) in [7, 11) is 1.50. The maximum absolute atomic E-state index is 12.8. The molecule has 1 N–H and O–H groups in total. The van der Waals surface area contributed by atoms with Crippen LogP contribution in [0.2, 0.25) is 0 Å². The summed E-state index contributed by atoms with van der Waals surface area (Å²) in [5.74, 6) is 0.927. The smallest absolute Gasteiger partial charge is 0.261 e. The summed E-state index contributed by atoms with van der Waals surface area (Å²) >= 11 is 0. The number of phenols is 1. The van der Waals surface area contributed by atoms with Crippen LogP contribution < -0.4 is 10.3 Å². The maximum Gasteiger partial charge on any atom is 0.261 e. The third kappa shape index (κ3) is 3.24. The number of aromatic hydroxyl groups is 1. The summed E-state index contributed by atoms with van der Waals surface area (Å²) in [5.41, 5.74) is 2.49. The van der Waals surface area contributed by atoms with Gasteiger partial charge in [0.15, 0.2) is 11.5 Å². The van der Waals surface area contributed by atoms with E-state index < -0.39 is 0 Å². The molecule has 0 atom stereocenters. The van der Waals surface area contributed by atoms with E-state index in [1.54, 1.807) is 41.8 Å². The number of aromatic nitrogens is 2. The second-order valence-electron chi connectivity index (χ2n) is 5.89. The Morgan fingerprint density at radius 3 is 2.46 bits per heavy atom. The molecule has 0 fully saturated rings. The van der Waals surface area contributed by atoms with Crippen LogP contribution in [0.25, 0.3) is 17.8 Å². The van der Waals surface area contributed by atoms with Crippen molar-refractivity contribution in [3.8, 4) is 17.2 Å². The number of rotatable bonds is 4. The number of hydrogen-bond acceptors (Lipinski definition) is 4. The van der Waals surface area contributed by atoms with Gasteiger partial charge in [-0.05, 0) is 44.2 Å². The van der Waals surface area contributed by atoms with E-state index in [4.69, 9.17) is 4.74 Å². The number of ether oxygens (including phenoxy) is 1. The molecule has 3 aromatic rings. The van der Waals surface area contributed by atoms with Gasteiger partial charge in [0.1, 0.15) is 5.82 Å². The van der Waals surface area contributed by atoms with Crippen LogP contribution >= 0.6 is 0 Å². The van der Waals surface area contributed by atoms with E-state index in [0.717, 1.165) is 5.69 Å². The molecule has 5 nitrogen and oxygen atoms in total. The van der Waals surface area contributed by atoms with E-state index in [1.165, 1.54) is 7.11 Å². The fourth-order valence-corrected chi connectivity index (χ4v) is 2.67. The van der Waals surface area contributed by atoms with E-state index in [1.807, 2.05) is 37.3 Å². The zero-order valence-electron chi connectivity index (χ0n) is 14.9. The zero-order valence-corrected chi connectivity index (χ0v) is 14.9. The van der Waals surface area contributed by atoms with Crippen molar-refractivity contribution < 1.29 is 9.84 Å². The molecule has 0 saturated heterocycles. The fourth-order valence-electron chi connectivity index (χ4n) is 2.67. The van der Waals surface area contributed by atoms with Gasteiger partial charge in [-0.1, -0.05) is 30.3 Å². The van der Waals surface area contributed by atoms with E-state index in [9.17, 15) is 9.90 Å². The van der Waals surface area contributed by atoms with Gasteiger partial charge in [-0.15, -0.1) is 0 Å². The summed E-state index contributed by atoms with van der Waals surface area (Å²) in [4.78, 5) is 17.4. The first-order chi connectivity index (χ1) is 12.5. The molecular formula is C21H20N2O3. The van der Waals surface area contributed by atoms with Gasteiger partial charge in [-0.25, -0.2) is 4.98 Å². The average Bonchev–Trinajstić information content (AvgIpc) is 2.66. The molecule has 0 spiro atoms. The van der Waals surface area contributed by atoms with Crippen molar-refractivity contribution in [3.63, 3.8) is 0 Å². The lowest BCUT2D eigenvalue weighted by Crippen LogP contribution is -2.25. The molecule has 0 unspecified atom stereocenters. The van der Waals surface area contributed by atoms with Gasteiger partial charge in [0, 0.05) is 16.8 Å². The predicted octanol–water partition coefficient (Wildman–Crippen LogP) is 3.73. The molecule has 0 aliphatic rings. The Kier molecular flexibility index (Phi) is 4.89. The van der Waals surface area contributed by atoms with Crippen molar-refractivity contribution in [1.82, 2.24) is 9.55 Å². The molecule has 0 saturated carbocycles. The molecule has 1 aromatic heterocycles. The number of hydrogen-bond donors (Lipinski definition) is 1. The Labute approximate surface area is 151 Å². The standard InChI is InChI=1S/C21H20N2O3/c1-14-15(2)22-19(23(21(14)25)17-9-5-4-6-10-17)13-12-16-8-7-11-18(26-3)20(16)24/h4-13,24H,1-3H3/b13-12+. The summed E-state index contributed by atoms with van der Waals surface area (Å²) in [6, 6.07) is 14.6. The highest BCUT2D eigenvalue weighted by atomic mass is 16.5. The Morgan fingerprint density at radius 1 is 1.04 bits per heavy atom. The molecule has 132 valence electrons. The normalized spacial score (nSPS) is 11.0. The van der Waals surface area contributed by atoms with Crippen LogP contribution in [-0.4, -0.2) is 21.8 Å². The average molecular weight is 348 g/mol. The maximum atomic E-state index is 12.8. The van der Waals surface area contributed by atoms with Gasteiger partial charge in [0.05, 0.1) is 12.8 Å². The quantitative estimate of drug-likeness (QED) is 0.780. The molecule has 0 bridgehead atoms. The molecular weight excluding hydrogens is 328 g/mol. The monoisotopic (exact) mass is 348 g/mol. The number of nitrogens with zero attached hydrogens (tertiary/aromatic N) is 2. The molecule has 5 heteroatoms. The number of methoxy groups -OCH3 is 1. The molecule has 0 aliphatic carbocycles. The predicted molar refractivity (Wildman–Crippen MR) is 103 cm³/mol. The lowest BCUT2D eigenvalue weighted by atomic mass is 10.1. The van der Waals surface area contributed by atoms with Crippen LogP contribution in [0.5, 0.6) is 11.5 Å². The van der Waals surface area contributed by atoms with Crippen LogP contribution in [0.3, 0.4) is 0 Å². The van der Waals surface area contributed by atoms with Crippen LogP contribution in [0.4, 0.5) is 0 Å². The number of aryl methyl sites for hydroxylation is 1. The molecule has 2 aromatic carbocycles. The van der Waals surface area contributed by atoms with Crippen molar-refractivity contribution >= 4 is 12.2 Å². The third-order valence-electron chi connectivity index (χ3n) is 4.25. The molecule has 26 heavy (non-hydrogen) atoms.